The second-order valence-corrected chi connectivity index (χ2v) is 5.99. The lowest BCUT2D eigenvalue weighted by atomic mass is 9.94. The number of aromatic nitrogens is 1. The van der Waals surface area contributed by atoms with Crippen molar-refractivity contribution < 1.29 is 0 Å². The maximum absolute atomic E-state index is 4.27. The Bertz CT molecular complexity index is 503. The van der Waals surface area contributed by atoms with E-state index in [1.807, 2.05) is 35.7 Å². The second-order valence-electron chi connectivity index (χ2n) is 5.08. The van der Waals surface area contributed by atoms with Crippen LogP contribution in [0.1, 0.15) is 36.9 Å². The highest BCUT2D eigenvalue weighted by atomic mass is 32.1. The predicted molar refractivity (Wildman–Crippen MR) is 76.2 cm³/mol. The Morgan fingerprint density at radius 1 is 1.18 bits per heavy atom. The SMILES string of the molecule is CC(C)(C)c1cc(/C=C/c2ccccn2)cs1. The minimum atomic E-state index is 0.238. The van der Waals surface area contributed by atoms with E-state index in [-0.39, 0.29) is 5.41 Å². The van der Waals surface area contributed by atoms with Crippen molar-refractivity contribution >= 4 is 23.5 Å². The van der Waals surface area contributed by atoms with E-state index in [0.717, 1.165) is 5.69 Å². The molecule has 0 N–H and O–H groups in total. The molecule has 2 heteroatoms. The van der Waals surface area contributed by atoms with Gasteiger partial charge in [-0.15, -0.1) is 11.3 Å². The molecule has 0 unspecified atom stereocenters. The van der Waals surface area contributed by atoms with Crippen LogP contribution < -0.4 is 0 Å². The van der Waals surface area contributed by atoms with Crippen LogP contribution in [0.3, 0.4) is 0 Å². The zero-order valence-electron chi connectivity index (χ0n) is 10.5. The summed E-state index contributed by atoms with van der Waals surface area (Å²) >= 11 is 1.82. The smallest absolute Gasteiger partial charge is 0.0629 e. The van der Waals surface area contributed by atoms with E-state index in [2.05, 4.69) is 49.4 Å². The number of nitrogens with zero attached hydrogens (tertiary/aromatic N) is 1. The molecule has 0 saturated heterocycles. The lowest BCUT2D eigenvalue weighted by molar-refractivity contribution is 0.604. The van der Waals surface area contributed by atoms with Crippen molar-refractivity contribution in [3.8, 4) is 0 Å². The number of pyridine rings is 1. The molecule has 0 spiro atoms. The Hall–Kier alpha value is -1.41. The molecule has 0 bridgehead atoms. The van der Waals surface area contributed by atoms with E-state index in [1.165, 1.54) is 10.4 Å². The van der Waals surface area contributed by atoms with Crippen LogP contribution in [0, 0.1) is 0 Å². The minimum Gasteiger partial charge on any atom is -0.257 e. The van der Waals surface area contributed by atoms with E-state index in [4.69, 9.17) is 0 Å². The summed E-state index contributed by atoms with van der Waals surface area (Å²) in [6.45, 7) is 6.72. The van der Waals surface area contributed by atoms with Crippen LogP contribution in [-0.2, 0) is 5.41 Å². The first-order valence-corrected chi connectivity index (χ1v) is 6.62. The van der Waals surface area contributed by atoms with Crippen molar-refractivity contribution in [1.82, 2.24) is 4.98 Å². The van der Waals surface area contributed by atoms with Crippen LogP contribution in [0.5, 0.6) is 0 Å². The predicted octanol–water partition coefficient (Wildman–Crippen LogP) is 4.61. The lowest BCUT2D eigenvalue weighted by Crippen LogP contribution is -2.07. The second kappa shape index (κ2) is 4.84. The van der Waals surface area contributed by atoms with Gasteiger partial charge in [0.15, 0.2) is 0 Å². The highest BCUT2D eigenvalue weighted by molar-refractivity contribution is 7.10. The molecule has 88 valence electrons. The van der Waals surface area contributed by atoms with Gasteiger partial charge in [0.1, 0.15) is 0 Å². The van der Waals surface area contributed by atoms with Gasteiger partial charge in [-0.1, -0.05) is 32.9 Å². The van der Waals surface area contributed by atoms with Gasteiger partial charge in [-0.3, -0.25) is 4.98 Å². The maximum Gasteiger partial charge on any atom is 0.0629 e. The molecule has 2 heterocycles. The molecule has 0 aromatic carbocycles. The van der Waals surface area contributed by atoms with Gasteiger partial charge < -0.3 is 0 Å². The van der Waals surface area contributed by atoms with Crippen LogP contribution >= 0.6 is 11.3 Å². The zero-order chi connectivity index (χ0) is 12.3. The summed E-state index contributed by atoms with van der Waals surface area (Å²) in [6, 6.07) is 8.19. The quantitative estimate of drug-likeness (QED) is 0.750. The van der Waals surface area contributed by atoms with Crippen LogP contribution in [0.4, 0.5) is 0 Å². The van der Waals surface area contributed by atoms with E-state index >= 15 is 0 Å². The number of hydrogen-bond acceptors (Lipinski definition) is 2. The molecule has 0 atom stereocenters. The molecule has 2 aromatic rings. The monoisotopic (exact) mass is 243 g/mol. The molecule has 17 heavy (non-hydrogen) atoms. The van der Waals surface area contributed by atoms with Gasteiger partial charge in [0.2, 0.25) is 0 Å². The summed E-state index contributed by atoms with van der Waals surface area (Å²) < 4.78 is 0. The molecule has 0 saturated carbocycles. The Morgan fingerprint density at radius 3 is 2.59 bits per heavy atom. The molecule has 0 amide bonds. The number of rotatable bonds is 2. The third-order valence-corrected chi connectivity index (χ3v) is 3.87. The van der Waals surface area contributed by atoms with Crippen molar-refractivity contribution in [2.75, 3.05) is 0 Å². The van der Waals surface area contributed by atoms with Crippen molar-refractivity contribution in [2.45, 2.75) is 26.2 Å². The molecule has 0 aliphatic rings. The zero-order valence-corrected chi connectivity index (χ0v) is 11.3. The molecule has 2 rings (SSSR count). The molecule has 0 aliphatic carbocycles. The van der Waals surface area contributed by atoms with Crippen LogP contribution in [0.25, 0.3) is 12.2 Å². The molecule has 0 fully saturated rings. The van der Waals surface area contributed by atoms with Gasteiger partial charge in [-0.05, 0) is 40.6 Å². The van der Waals surface area contributed by atoms with E-state index < -0.39 is 0 Å². The summed E-state index contributed by atoms with van der Waals surface area (Å²) in [7, 11) is 0. The summed E-state index contributed by atoms with van der Waals surface area (Å²) in [5, 5.41) is 2.19. The van der Waals surface area contributed by atoms with Crippen LogP contribution in [-0.4, -0.2) is 4.98 Å². The molecule has 0 aliphatic heterocycles. The van der Waals surface area contributed by atoms with E-state index in [1.54, 1.807) is 0 Å². The average molecular weight is 243 g/mol. The summed E-state index contributed by atoms with van der Waals surface area (Å²) in [5.41, 5.74) is 2.49. The average Bonchev–Trinajstić information content (AvgIpc) is 2.76. The van der Waals surface area contributed by atoms with Gasteiger partial charge in [0.25, 0.3) is 0 Å². The van der Waals surface area contributed by atoms with Crippen molar-refractivity contribution in [2.24, 2.45) is 0 Å². The maximum atomic E-state index is 4.27. The standard InChI is InChI=1S/C15H17NS/c1-15(2,3)14-10-12(11-17-14)7-8-13-6-4-5-9-16-13/h4-11H,1-3H3/b8-7+. The van der Waals surface area contributed by atoms with Gasteiger partial charge >= 0.3 is 0 Å². The topological polar surface area (TPSA) is 12.9 Å². The van der Waals surface area contributed by atoms with Gasteiger partial charge in [-0.25, -0.2) is 0 Å². The first-order chi connectivity index (χ1) is 8.05. The minimum absolute atomic E-state index is 0.238. The van der Waals surface area contributed by atoms with E-state index in [9.17, 15) is 0 Å². The molecule has 2 aromatic heterocycles. The summed E-state index contributed by atoms with van der Waals surface area (Å²) in [4.78, 5) is 5.68. The molecular formula is C15H17NS. The Kier molecular flexibility index (Phi) is 3.43. The third kappa shape index (κ3) is 3.27. The van der Waals surface area contributed by atoms with Gasteiger partial charge in [0.05, 0.1) is 5.69 Å². The Morgan fingerprint density at radius 2 is 2.00 bits per heavy atom. The van der Waals surface area contributed by atoms with Crippen LogP contribution in [0.2, 0.25) is 0 Å². The van der Waals surface area contributed by atoms with Gasteiger partial charge in [-0.2, -0.15) is 0 Å². The fourth-order valence-electron chi connectivity index (χ4n) is 1.49. The van der Waals surface area contributed by atoms with Crippen molar-refractivity contribution in [1.29, 1.82) is 0 Å². The largest absolute Gasteiger partial charge is 0.257 e. The normalized spacial score (nSPS) is 12.2. The highest BCUT2D eigenvalue weighted by Crippen LogP contribution is 2.29. The first-order valence-electron chi connectivity index (χ1n) is 5.74. The fraction of sp³-hybridized carbons (Fsp3) is 0.267. The number of thiophene rings is 1. The molecule has 1 nitrogen and oxygen atoms in total. The summed E-state index contributed by atoms with van der Waals surface area (Å²) in [6.07, 6.45) is 5.98. The van der Waals surface area contributed by atoms with Crippen molar-refractivity contribution in [3.63, 3.8) is 0 Å². The number of hydrogen-bond donors (Lipinski definition) is 0. The lowest BCUT2D eigenvalue weighted by Gasteiger charge is -2.14. The Balaban J connectivity index is 2.15. The highest BCUT2D eigenvalue weighted by Gasteiger charge is 2.15. The molecule has 0 radical (unpaired) electrons. The van der Waals surface area contributed by atoms with E-state index in [0.29, 0.717) is 0 Å². The van der Waals surface area contributed by atoms with Crippen molar-refractivity contribution in [3.05, 3.63) is 52.0 Å². The third-order valence-electron chi connectivity index (χ3n) is 2.49. The summed E-state index contributed by atoms with van der Waals surface area (Å²) in [5.74, 6) is 0. The molecular weight excluding hydrogens is 226 g/mol. The fourth-order valence-corrected chi connectivity index (χ4v) is 2.46. The van der Waals surface area contributed by atoms with Crippen LogP contribution in [0.15, 0.2) is 35.8 Å². The Labute approximate surface area is 107 Å². The first kappa shape index (κ1) is 12.1. The van der Waals surface area contributed by atoms with Gasteiger partial charge in [0, 0.05) is 11.1 Å².